The van der Waals surface area contributed by atoms with Gasteiger partial charge in [0.1, 0.15) is 5.60 Å². The van der Waals surface area contributed by atoms with Crippen molar-refractivity contribution in [1.82, 2.24) is 9.88 Å². The maximum atomic E-state index is 12.1. The van der Waals surface area contributed by atoms with E-state index in [4.69, 9.17) is 9.47 Å². The molecule has 5 heteroatoms. The van der Waals surface area contributed by atoms with Crippen molar-refractivity contribution in [2.24, 2.45) is 5.92 Å². The molecule has 0 radical (unpaired) electrons. The van der Waals surface area contributed by atoms with Gasteiger partial charge in [-0.3, -0.25) is 0 Å². The predicted molar refractivity (Wildman–Crippen MR) is 85.0 cm³/mol. The molecule has 2 heterocycles. The van der Waals surface area contributed by atoms with E-state index in [1.54, 1.807) is 11.1 Å². The number of rotatable bonds is 3. The van der Waals surface area contributed by atoms with Crippen LogP contribution in [0.4, 0.5) is 4.79 Å². The van der Waals surface area contributed by atoms with Gasteiger partial charge in [-0.25, -0.2) is 9.78 Å². The van der Waals surface area contributed by atoms with Crippen molar-refractivity contribution < 1.29 is 14.3 Å². The maximum Gasteiger partial charge on any atom is 0.410 e. The highest BCUT2D eigenvalue weighted by Gasteiger charge is 2.27. The number of carbonyl (C=O) groups is 1. The topological polar surface area (TPSA) is 51.7 Å². The molecule has 1 aliphatic rings. The van der Waals surface area contributed by atoms with Crippen molar-refractivity contribution in [3.63, 3.8) is 0 Å². The monoisotopic (exact) mass is 306 g/mol. The number of aromatic nitrogens is 1. The number of piperidine rings is 1. The number of ether oxygens (including phenoxy) is 2. The van der Waals surface area contributed by atoms with Crippen LogP contribution >= 0.6 is 0 Å². The minimum Gasteiger partial charge on any atom is -0.477 e. The zero-order valence-corrected chi connectivity index (χ0v) is 14.0. The number of amides is 1. The Kier molecular flexibility index (Phi) is 5.27. The summed E-state index contributed by atoms with van der Waals surface area (Å²) in [5.74, 6) is 0.970. The number of aryl methyl sites for hydroxylation is 1. The smallest absolute Gasteiger partial charge is 0.410 e. The Bertz CT molecular complexity index is 511. The molecule has 1 saturated heterocycles. The number of nitrogens with zero attached hydrogens (tertiary/aromatic N) is 2. The van der Waals surface area contributed by atoms with Gasteiger partial charge in [0, 0.05) is 31.3 Å². The van der Waals surface area contributed by atoms with Crippen molar-refractivity contribution in [2.75, 3.05) is 19.7 Å². The van der Waals surface area contributed by atoms with Gasteiger partial charge >= 0.3 is 6.09 Å². The summed E-state index contributed by atoms with van der Waals surface area (Å²) in [7, 11) is 0. The molecule has 1 amide bonds. The molecular weight excluding hydrogens is 280 g/mol. The van der Waals surface area contributed by atoms with E-state index in [9.17, 15) is 4.79 Å². The molecule has 1 aliphatic heterocycles. The Balaban J connectivity index is 1.84. The van der Waals surface area contributed by atoms with E-state index >= 15 is 0 Å². The summed E-state index contributed by atoms with van der Waals surface area (Å²) in [5, 5.41) is 0. The second-order valence-electron chi connectivity index (χ2n) is 6.92. The Morgan fingerprint density at radius 1 is 1.45 bits per heavy atom. The quantitative estimate of drug-likeness (QED) is 0.858. The van der Waals surface area contributed by atoms with E-state index in [0.717, 1.165) is 24.9 Å². The minimum absolute atomic E-state index is 0.231. The van der Waals surface area contributed by atoms with Gasteiger partial charge in [0.2, 0.25) is 5.88 Å². The Morgan fingerprint density at radius 2 is 2.23 bits per heavy atom. The van der Waals surface area contributed by atoms with Crippen LogP contribution in [0.1, 0.15) is 39.2 Å². The number of likely N-dealkylation sites (tertiary alicyclic amines) is 1. The average Bonchev–Trinajstić information content (AvgIpc) is 2.44. The molecule has 0 unspecified atom stereocenters. The molecule has 0 aliphatic carbocycles. The highest BCUT2D eigenvalue weighted by atomic mass is 16.6. The molecule has 0 aromatic carbocycles. The van der Waals surface area contributed by atoms with Crippen LogP contribution < -0.4 is 4.74 Å². The Labute approximate surface area is 132 Å². The summed E-state index contributed by atoms with van der Waals surface area (Å²) in [6, 6.07) is 3.87. The third kappa shape index (κ3) is 5.20. The first kappa shape index (κ1) is 16.6. The Hall–Kier alpha value is -1.78. The summed E-state index contributed by atoms with van der Waals surface area (Å²) in [6.07, 6.45) is 3.56. The average molecular weight is 306 g/mol. The van der Waals surface area contributed by atoms with Gasteiger partial charge in [-0.05, 0) is 52.2 Å². The number of carbonyl (C=O) groups excluding carboxylic acids is 1. The van der Waals surface area contributed by atoms with Gasteiger partial charge in [0.25, 0.3) is 0 Å². The lowest BCUT2D eigenvalue weighted by molar-refractivity contribution is 0.0138. The summed E-state index contributed by atoms with van der Waals surface area (Å²) in [4.78, 5) is 18.1. The molecule has 0 N–H and O–H groups in total. The normalized spacial score (nSPS) is 18.9. The molecule has 22 heavy (non-hydrogen) atoms. The minimum atomic E-state index is -0.452. The van der Waals surface area contributed by atoms with Crippen LogP contribution in [0.3, 0.4) is 0 Å². The van der Waals surface area contributed by atoms with Gasteiger partial charge in [-0.15, -0.1) is 0 Å². The zero-order chi connectivity index (χ0) is 16.2. The summed E-state index contributed by atoms with van der Waals surface area (Å²) >= 11 is 0. The molecular formula is C17H26N2O3. The summed E-state index contributed by atoms with van der Waals surface area (Å²) in [5.41, 5.74) is 0.676. The molecule has 1 aromatic heterocycles. The highest BCUT2D eigenvalue weighted by Crippen LogP contribution is 2.20. The lowest BCUT2D eigenvalue weighted by Gasteiger charge is -2.33. The standard InChI is InChI=1S/C17H26N2O3/c1-13-7-8-18-15(10-13)21-12-14-6-5-9-19(11-14)16(20)22-17(2,3)4/h7-8,10,14H,5-6,9,11-12H2,1-4H3/t14-/m0/s1. The van der Waals surface area contributed by atoms with E-state index in [2.05, 4.69) is 4.98 Å². The van der Waals surface area contributed by atoms with E-state index in [1.807, 2.05) is 39.8 Å². The van der Waals surface area contributed by atoms with Crippen molar-refractivity contribution in [1.29, 1.82) is 0 Å². The van der Waals surface area contributed by atoms with Crippen LogP contribution in [0.2, 0.25) is 0 Å². The van der Waals surface area contributed by atoms with Crippen molar-refractivity contribution >= 4 is 6.09 Å². The van der Waals surface area contributed by atoms with Gasteiger partial charge in [-0.2, -0.15) is 0 Å². The lowest BCUT2D eigenvalue weighted by Crippen LogP contribution is -2.44. The SMILES string of the molecule is Cc1ccnc(OC[C@H]2CCCN(C(=O)OC(C)(C)C)C2)c1. The number of pyridine rings is 1. The molecule has 1 atom stereocenters. The third-order valence-corrected chi connectivity index (χ3v) is 3.53. The molecule has 0 saturated carbocycles. The van der Waals surface area contributed by atoms with Gasteiger partial charge in [-0.1, -0.05) is 0 Å². The van der Waals surface area contributed by atoms with E-state index in [1.165, 1.54) is 0 Å². The van der Waals surface area contributed by atoms with Crippen LogP contribution in [0.15, 0.2) is 18.3 Å². The lowest BCUT2D eigenvalue weighted by atomic mass is 9.99. The largest absolute Gasteiger partial charge is 0.477 e. The fourth-order valence-electron chi connectivity index (χ4n) is 2.48. The molecule has 5 nitrogen and oxygen atoms in total. The molecule has 0 bridgehead atoms. The first-order valence-corrected chi connectivity index (χ1v) is 7.87. The number of hydrogen-bond donors (Lipinski definition) is 0. The molecule has 0 spiro atoms. The molecule has 122 valence electrons. The predicted octanol–water partition coefficient (Wildman–Crippen LogP) is 3.42. The molecule has 1 fully saturated rings. The van der Waals surface area contributed by atoms with E-state index in [0.29, 0.717) is 24.9 Å². The molecule has 2 rings (SSSR count). The van der Waals surface area contributed by atoms with Crippen LogP contribution in [-0.2, 0) is 4.74 Å². The van der Waals surface area contributed by atoms with Gasteiger partial charge in [0.05, 0.1) is 6.61 Å². The van der Waals surface area contributed by atoms with Crippen LogP contribution in [0.25, 0.3) is 0 Å². The number of hydrogen-bond acceptors (Lipinski definition) is 4. The maximum absolute atomic E-state index is 12.1. The first-order valence-electron chi connectivity index (χ1n) is 7.87. The van der Waals surface area contributed by atoms with Crippen molar-refractivity contribution in [2.45, 2.75) is 46.1 Å². The second-order valence-corrected chi connectivity index (χ2v) is 6.92. The van der Waals surface area contributed by atoms with Crippen molar-refractivity contribution in [3.8, 4) is 5.88 Å². The first-order chi connectivity index (χ1) is 10.3. The summed E-state index contributed by atoms with van der Waals surface area (Å²) < 4.78 is 11.2. The van der Waals surface area contributed by atoms with Crippen LogP contribution in [0, 0.1) is 12.8 Å². The van der Waals surface area contributed by atoms with Crippen LogP contribution in [-0.4, -0.2) is 41.3 Å². The van der Waals surface area contributed by atoms with Gasteiger partial charge in [0.15, 0.2) is 0 Å². The van der Waals surface area contributed by atoms with E-state index < -0.39 is 5.60 Å². The van der Waals surface area contributed by atoms with Crippen LogP contribution in [0.5, 0.6) is 5.88 Å². The van der Waals surface area contributed by atoms with Gasteiger partial charge < -0.3 is 14.4 Å². The molecule has 1 aromatic rings. The Morgan fingerprint density at radius 3 is 2.91 bits per heavy atom. The fraction of sp³-hybridized carbons (Fsp3) is 0.647. The zero-order valence-electron chi connectivity index (χ0n) is 14.0. The fourth-order valence-corrected chi connectivity index (χ4v) is 2.48. The second kappa shape index (κ2) is 6.99. The van der Waals surface area contributed by atoms with Crippen molar-refractivity contribution in [3.05, 3.63) is 23.9 Å². The highest BCUT2D eigenvalue weighted by molar-refractivity contribution is 5.68. The van der Waals surface area contributed by atoms with E-state index in [-0.39, 0.29) is 6.09 Å². The third-order valence-electron chi connectivity index (χ3n) is 3.53. The summed E-state index contributed by atoms with van der Waals surface area (Å²) in [6.45, 7) is 9.69.